The molecule has 1 unspecified atom stereocenters. The number of anilines is 1. The van der Waals surface area contributed by atoms with Crippen LogP contribution in [0.2, 0.25) is 0 Å². The fourth-order valence-corrected chi connectivity index (χ4v) is 6.64. The molecule has 176 valence electrons. The molecule has 5 rings (SSSR count). The van der Waals surface area contributed by atoms with Crippen molar-refractivity contribution < 1.29 is 9.18 Å². The average Bonchev–Trinajstić information content (AvgIpc) is 3.33. The molecule has 0 saturated carbocycles. The molecule has 2 N–H and O–H groups in total. The van der Waals surface area contributed by atoms with Crippen molar-refractivity contribution in [2.24, 2.45) is 5.73 Å². The number of Topliss-reactive ketones (excluding diaryl/α,β-unsaturated/α-hetero) is 1. The van der Waals surface area contributed by atoms with Gasteiger partial charge in [0.25, 0.3) is 0 Å². The minimum Gasteiger partial charge on any atom is -0.384 e. The third kappa shape index (κ3) is 4.51. The molecular formula is C25H19BrFN5OS2. The van der Waals surface area contributed by atoms with Crippen molar-refractivity contribution in [2.45, 2.75) is 35.3 Å². The Balaban J connectivity index is 1.57. The number of nitrogens with zero attached hydrogens (tertiary/aromatic N) is 4. The molecule has 1 aliphatic carbocycles. The Hall–Kier alpha value is -3.00. The first-order valence-electron chi connectivity index (χ1n) is 10.9. The predicted octanol–water partition coefficient (Wildman–Crippen LogP) is 6.04. The Morgan fingerprint density at radius 2 is 2.03 bits per heavy atom. The van der Waals surface area contributed by atoms with Crippen molar-refractivity contribution in [3.8, 4) is 6.07 Å². The first kappa shape index (κ1) is 23.7. The van der Waals surface area contributed by atoms with Gasteiger partial charge in [-0.3, -0.25) is 9.69 Å². The number of halogens is 2. The van der Waals surface area contributed by atoms with Crippen LogP contribution in [-0.4, -0.2) is 16.0 Å². The molecule has 0 bridgehead atoms. The molecule has 2 heterocycles. The summed E-state index contributed by atoms with van der Waals surface area (Å²) >= 11 is 6.28. The van der Waals surface area contributed by atoms with E-state index in [1.54, 1.807) is 28.8 Å². The zero-order valence-corrected chi connectivity index (χ0v) is 21.6. The third-order valence-electron chi connectivity index (χ3n) is 5.97. The Labute approximate surface area is 218 Å². The predicted molar refractivity (Wildman–Crippen MR) is 138 cm³/mol. The number of thioether (sulfide) groups is 1. The molecule has 0 spiro atoms. The quantitative estimate of drug-likeness (QED) is 0.375. The van der Waals surface area contributed by atoms with Crippen LogP contribution in [0.1, 0.15) is 36.3 Å². The lowest BCUT2D eigenvalue weighted by Gasteiger charge is -2.38. The van der Waals surface area contributed by atoms with Gasteiger partial charge in [0.2, 0.25) is 5.13 Å². The normalized spacial score (nSPS) is 18.0. The van der Waals surface area contributed by atoms with Gasteiger partial charge >= 0.3 is 0 Å². The Kier molecular flexibility index (Phi) is 6.73. The van der Waals surface area contributed by atoms with E-state index in [1.165, 1.54) is 23.0 Å². The summed E-state index contributed by atoms with van der Waals surface area (Å²) < 4.78 is 16.4. The molecule has 2 aliphatic rings. The highest BCUT2D eigenvalue weighted by Gasteiger charge is 2.42. The molecule has 0 fully saturated rings. The minimum absolute atomic E-state index is 0.107. The number of hydrogen-bond acceptors (Lipinski definition) is 8. The van der Waals surface area contributed by atoms with E-state index in [0.717, 1.165) is 10.1 Å². The van der Waals surface area contributed by atoms with Crippen molar-refractivity contribution in [1.82, 2.24) is 10.2 Å². The van der Waals surface area contributed by atoms with E-state index >= 15 is 0 Å². The topological polar surface area (TPSA) is 95.9 Å². The molecule has 0 saturated heterocycles. The number of carbonyl (C=O) groups is 1. The van der Waals surface area contributed by atoms with Crippen LogP contribution in [0.3, 0.4) is 0 Å². The molecule has 6 nitrogen and oxygen atoms in total. The molecule has 3 aromatic rings. The van der Waals surface area contributed by atoms with Gasteiger partial charge in [-0.25, -0.2) is 4.39 Å². The standard InChI is InChI=1S/C25H19BrFN5OS2/c26-15-9-10-18(27)16(11-15)21-17(12-28)23(29)32(19-7-4-8-20(33)22(19)21)24-30-31-25(35-24)34-13-14-5-2-1-3-6-14/h1-3,5-6,9-11,21H,4,7-8,13,29H2. The van der Waals surface area contributed by atoms with E-state index in [1.807, 2.05) is 30.3 Å². The van der Waals surface area contributed by atoms with E-state index in [9.17, 15) is 14.4 Å². The number of allylic oxidation sites excluding steroid dienone is 3. The van der Waals surface area contributed by atoms with Gasteiger partial charge in [0.05, 0.1) is 17.6 Å². The lowest BCUT2D eigenvalue weighted by Crippen LogP contribution is -2.38. The summed E-state index contributed by atoms with van der Waals surface area (Å²) in [4.78, 5) is 14.9. The van der Waals surface area contributed by atoms with Crippen LogP contribution >= 0.6 is 39.0 Å². The third-order valence-corrected chi connectivity index (χ3v) is 8.58. The van der Waals surface area contributed by atoms with Crippen LogP contribution in [0.25, 0.3) is 0 Å². The largest absolute Gasteiger partial charge is 0.384 e. The summed E-state index contributed by atoms with van der Waals surface area (Å²) in [6.45, 7) is 0. The molecule has 1 aliphatic heterocycles. The molecule has 35 heavy (non-hydrogen) atoms. The summed E-state index contributed by atoms with van der Waals surface area (Å²) in [5.74, 6) is -0.574. The molecule has 0 radical (unpaired) electrons. The fraction of sp³-hybridized carbons (Fsp3) is 0.200. The number of nitriles is 1. The summed E-state index contributed by atoms with van der Waals surface area (Å²) in [5.41, 5.74) is 9.16. The SMILES string of the molecule is N#CC1=C(N)N(c2nnc(SCc3ccccc3)s2)C2=C(C(=O)CCC2)C1c1cc(Br)ccc1F. The van der Waals surface area contributed by atoms with E-state index < -0.39 is 11.7 Å². The van der Waals surface area contributed by atoms with E-state index in [0.29, 0.717) is 40.1 Å². The van der Waals surface area contributed by atoms with Crippen LogP contribution in [0.15, 0.2) is 80.0 Å². The van der Waals surface area contributed by atoms with E-state index in [-0.39, 0.29) is 22.7 Å². The molecular weight excluding hydrogens is 549 g/mol. The van der Waals surface area contributed by atoms with Crippen LogP contribution in [0.4, 0.5) is 9.52 Å². The second kappa shape index (κ2) is 9.93. The second-order valence-electron chi connectivity index (χ2n) is 8.11. The highest BCUT2D eigenvalue weighted by atomic mass is 79.9. The van der Waals surface area contributed by atoms with Crippen molar-refractivity contribution in [2.75, 3.05) is 4.90 Å². The number of aromatic nitrogens is 2. The zero-order chi connectivity index (χ0) is 24.5. The number of rotatable bonds is 5. The second-order valence-corrected chi connectivity index (χ2v) is 11.2. The molecule has 1 aromatic heterocycles. The highest BCUT2D eigenvalue weighted by Crippen LogP contribution is 2.48. The average molecular weight is 568 g/mol. The van der Waals surface area contributed by atoms with Gasteiger partial charge in [-0.05, 0) is 36.6 Å². The minimum atomic E-state index is -0.864. The zero-order valence-electron chi connectivity index (χ0n) is 18.4. The summed E-state index contributed by atoms with van der Waals surface area (Å²) in [7, 11) is 0. The lowest BCUT2D eigenvalue weighted by molar-refractivity contribution is -0.116. The molecule has 1 atom stereocenters. The number of ketones is 1. The monoisotopic (exact) mass is 567 g/mol. The number of hydrogen-bond donors (Lipinski definition) is 1. The van der Waals surface area contributed by atoms with Crippen molar-refractivity contribution >= 4 is 49.9 Å². The van der Waals surface area contributed by atoms with Crippen molar-refractivity contribution in [1.29, 1.82) is 5.26 Å². The van der Waals surface area contributed by atoms with Gasteiger partial charge in [-0.15, -0.1) is 10.2 Å². The lowest BCUT2D eigenvalue weighted by atomic mass is 9.75. The number of carbonyl (C=O) groups excluding carboxylic acids is 1. The fourth-order valence-electron chi connectivity index (χ4n) is 4.42. The van der Waals surface area contributed by atoms with Gasteiger partial charge in [0, 0.05) is 33.5 Å². The maximum absolute atomic E-state index is 15.0. The van der Waals surface area contributed by atoms with Crippen molar-refractivity contribution in [3.05, 3.63) is 92.6 Å². The van der Waals surface area contributed by atoms with Gasteiger partial charge in [-0.1, -0.05) is 69.4 Å². The molecule has 0 amide bonds. The number of benzene rings is 2. The Morgan fingerprint density at radius 3 is 2.80 bits per heavy atom. The maximum atomic E-state index is 15.0. The van der Waals surface area contributed by atoms with Crippen molar-refractivity contribution in [3.63, 3.8) is 0 Å². The number of nitrogens with two attached hydrogens (primary N) is 1. The first-order valence-corrected chi connectivity index (χ1v) is 13.5. The van der Waals surface area contributed by atoms with Gasteiger partial charge in [0.15, 0.2) is 10.1 Å². The molecule has 2 aromatic carbocycles. The van der Waals surface area contributed by atoms with Crippen LogP contribution < -0.4 is 10.6 Å². The summed E-state index contributed by atoms with van der Waals surface area (Å²) in [5, 5.41) is 19.2. The Morgan fingerprint density at radius 1 is 1.23 bits per heavy atom. The highest BCUT2D eigenvalue weighted by molar-refractivity contribution is 9.10. The first-order chi connectivity index (χ1) is 17.0. The van der Waals surface area contributed by atoms with Gasteiger partial charge < -0.3 is 5.73 Å². The smallest absolute Gasteiger partial charge is 0.219 e. The van der Waals surface area contributed by atoms with Gasteiger partial charge in [-0.2, -0.15) is 5.26 Å². The van der Waals surface area contributed by atoms with Crippen LogP contribution in [0.5, 0.6) is 0 Å². The Bertz CT molecular complexity index is 1410. The summed E-state index contributed by atoms with van der Waals surface area (Å²) in [6.07, 6.45) is 1.55. The molecule has 10 heteroatoms. The maximum Gasteiger partial charge on any atom is 0.219 e. The van der Waals surface area contributed by atoms with E-state index in [4.69, 9.17) is 5.73 Å². The van der Waals surface area contributed by atoms with Gasteiger partial charge in [0.1, 0.15) is 11.6 Å². The van der Waals surface area contributed by atoms with Crippen LogP contribution in [0, 0.1) is 17.1 Å². The van der Waals surface area contributed by atoms with E-state index in [2.05, 4.69) is 32.2 Å². The van der Waals surface area contributed by atoms with Crippen LogP contribution in [-0.2, 0) is 10.5 Å². The summed E-state index contributed by atoms with van der Waals surface area (Å²) in [6, 6.07) is 16.7.